The van der Waals surface area contributed by atoms with E-state index in [9.17, 15) is 9.59 Å². The lowest BCUT2D eigenvalue weighted by molar-refractivity contribution is -0.122. The van der Waals surface area contributed by atoms with Crippen LogP contribution in [0.1, 0.15) is 29.9 Å². The Morgan fingerprint density at radius 1 is 1.36 bits per heavy atom. The van der Waals surface area contributed by atoms with Crippen molar-refractivity contribution in [3.63, 3.8) is 0 Å². The molecule has 0 aliphatic carbocycles. The van der Waals surface area contributed by atoms with Crippen LogP contribution in [0.15, 0.2) is 6.20 Å². The molecule has 0 aliphatic heterocycles. The van der Waals surface area contributed by atoms with Crippen molar-refractivity contribution in [3.8, 4) is 0 Å². The first-order valence-electron chi connectivity index (χ1n) is 7.20. The van der Waals surface area contributed by atoms with Crippen LogP contribution < -0.4 is 21.7 Å². The number of anilines is 1. The Kier molecular flexibility index (Phi) is 6.71. The van der Waals surface area contributed by atoms with Crippen molar-refractivity contribution >= 4 is 17.8 Å². The fraction of sp³-hybridized carbons (Fsp3) is 0.571. The van der Waals surface area contributed by atoms with E-state index in [1.54, 1.807) is 14.0 Å². The summed E-state index contributed by atoms with van der Waals surface area (Å²) in [7, 11) is 1.58. The summed E-state index contributed by atoms with van der Waals surface area (Å²) >= 11 is 0. The average Bonchev–Trinajstić information content (AvgIpc) is 2.49. The zero-order valence-electron chi connectivity index (χ0n) is 13.4. The number of nitrogens with one attached hydrogen (secondary N) is 3. The van der Waals surface area contributed by atoms with Gasteiger partial charge in [-0.1, -0.05) is 13.8 Å². The van der Waals surface area contributed by atoms with Gasteiger partial charge < -0.3 is 21.7 Å². The monoisotopic (exact) mass is 308 g/mol. The molecular weight excluding hydrogens is 284 g/mol. The molecule has 0 aromatic carbocycles. The van der Waals surface area contributed by atoms with Crippen molar-refractivity contribution in [2.24, 2.45) is 11.7 Å². The predicted octanol–water partition coefficient (Wildman–Crippen LogP) is -0.344. The molecule has 122 valence electrons. The normalized spacial score (nSPS) is 11.9. The Bertz CT molecular complexity index is 532. The van der Waals surface area contributed by atoms with Crippen molar-refractivity contribution in [2.45, 2.75) is 26.8 Å². The minimum absolute atomic E-state index is 0.0661. The lowest BCUT2D eigenvalue weighted by Crippen LogP contribution is -2.42. The Hall–Kier alpha value is -2.22. The number of nitrogens with zero attached hydrogens (tertiary/aromatic N) is 2. The predicted molar refractivity (Wildman–Crippen MR) is 84.5 cm³/mol. The molecule has 8 nitrogen and oxygen atoms in total. The number of aryl methyl sites for hydroxylation is 1. The fourth-order valence-electron chi connectivity index (χ4n) is 1.87. The van der Waals surface area contributed by atoms with Crippen LogP contribution in [0.25, 0.3) is 0 Å². The second-order valence-electron chi connectivity index (χ2n) is 5.22. The minimum atomic E-state index is -0.443. The van der Waals surface area contributed by atoms with Gasteiger partial charge in [0.1, 0.15) is 6.04 Å². The summed E-state index contributed by atoms with van der Waals surface area (Å²) in [5, 5.41) is 8.26. The van der Waals surface area contributed by atoms with Gasteiger partial charge in [0.2, 0.25) is 11.9 Å². The maximum absolute atomic E-state index is 11.9. The van der Waals surface area contributed by atoms with Crippen LogP contribution in [0, 0.1) is 12.8 Å². The van der Waals surface area contributed by atoms with Gasteiger partial charge in [-0.25, -0.2) is 9.97 Å². The second kappa shape index (κ2) is 8.28. The smallest absolute Gasteiger partial charge is 0.254 e. The third-order valence-electron chi connectivity index (χ3n) is 3.13. The summed E-state index contributed by atoms with van der Waals surface area (Å²) in [6.07, 6.45) is 1.44. The third kappa shape index (κ3) is 4.66. The van der Waals surface area contributed by atoms with Crippen LogP contribution in [-0.4, -0.2) is 48.0 Å². The fourth-order valence-corrected chi connectivity index (χ4v) is 1.87. The Labute approximate surface area is 130 Å². The van der Waals surface area contributed by atoms with Gasteiger partial charge in [-0.15, -0.1) is 0 Å². The number of amides is 2. The van der Waals surface area contributed by atoms with Gasteiger partial charge in [0.05, 0.1) is 11.3 Å². The highest BCUT2D eigenvalue weighted by molar-refractivity contribution is 5.95. The first-order valence-corrected chi connectivity index (χ1v) is 7.20. The summed E-state index contributed by atoms with van der Waals surface area (Å²) in [5.41, 5.74) is 6.27. The molecule has 0 spiro atoms. The number of carbonyl (C=O) groups is 2. The molecule has 1 aromatic rings. The SMILES string of the molecule is CNC(=O)C(Nc1ncc(C(=O)NCCN)c(C)n1)C(C)C. The van der Waals surface area contributed by atoms with Crippen molar-refractivity contribution < 1.29 is 9.59 Å². The molecule has 0 bridgehead atoms. The van der Waals surface area contributed by atoms with E-state index in [4.69, 9.17) is 5.73 Å². The molecule has 2 amide bonds. The van der Waals surface area contributed by atoms with E-state index in [1.807, 2.05) is 13.8 Å². The maximum atomic E-state index is 11.9. The number of aromatic nitrogens is 2. The zero-order valence-corrected chi connectivity index (χ0v) is 13.4. The van der Waals surface area contributed by atoms with Gasteiger partial charge in [-0.3, -0.25) is 9.59 Å². The lowest BCUT2D eigenvalue weighted by atomic mass is 10.0. The standard InChI is InChI=1S/C14H24N6O2/c1-8(2)11(13(22)16-4)20-14-18-7-10(9(3)19-14)12(21)17-6-5-15/h7-8,11H,5-6,15H2,1-4H3,(H,16,22)(H,17,21)(H,18,19,20). The molecular formula is C14H24N6O2. The average molecular weight is 308 g/mol. The second-order valence-corrected chi connectivity index (χ2v) is 5.22. The molecule has 1 aromatic heterocycles. The third-order valence-corrected chi connectivity index (χ3v) is 3.13. The Morgan fingerprint density at radius 2 is 2.05 bits per heavy atom. The van der Waals surface area contributed by atoms with Crippen molar-refractivity contribution in [1.82, 2.24) is 20.6 Å². The number of nitrogens with two attached hydrogens (primary N) is 1. The topological polar surface area (TPSA) is 122 Å². The van der Waals surface area contributed by atoms with Gasteiger partial charge in [0, 0.05) is 26.3 Å². The van der Waals surface area contributed by atoms with Crippen LogP contribution in [0.4, 0.5) is 5.95 Å². The number of hydrogen-bond donors (Lipinski definition) is 4. The largest absolute Gasteiger partial charge is 0.357 e. The molecule has 1 rings (SSSR count). The molecule has 0 fully saturated rings. The summed E-state index contributed by atoms with van der Waals surface area (Å²) in [4.78, 5) is 32.1. The van der Waals surface area contributed by atoms with E-state index >= 15 is 0 Å². The molecule has 8 heteroatoms. The molecule has 1 unspecified atom stereocenters. The van der Waals surface area contributed by atoms with E-state index in [-0.39, 0.29) is 17.7 Å². The van der Waals surface area contributed by atoms with E-state index < -0.39 is 6.04 Å². The first-order chi connectivity index (χ1) is 10.4. The molecule has 0 saturated heterocycles. The molecule has 1 heterocycles. The maximum Gasteiger partial charge on any atom is 0.254 e. The Morgan fingerprint density at radius 3 is 2.55 bits per heavy atom. The zero-order chi connectivity index (χ0) is 16.7. The van der Waals surface area contributed by atoms with Crippen LogP contribution in [-0.2, 0) is 4.79 Å². The van der Waals surface area contributed by atoms with Crippen LogP contribution in [0.5, 0.6) is 0 Å². The van der Waals surface area contributed by atoms with E-state index in [1.165, 1.54) is 6.20 Å². The highest BCUT2D eigenvalue weighted by Crippen LogP contribution is 2.11. The van der Waals surface area contributed by atoms with E-state index in [0.29, 0.717) is 30.3 Å². The summed E-state index contributed by atoms with van der Waals surface area (Å²) in [6.45, 7) is 6.33. The lowest BCUT2D eigenvalue weighted by Gasteiger charge is -2.20. The number of carbonyl (C=O) groups excluding carboxylic acids is 2. The van der Waals surface area contributed by atoms with Crippen LogP contribution >= 0.6 is 0 Å². The minimum Gasteiger partial charge on any atom is -0.357 e. The van der Waals surface area contributed by atoms with Gasteiger partial charge in [-0.05, 0) is 12.8 Å². The van der Waals surface area contributed by atoms with Crippen molar-refractivity contribution in [2.75, 3.05) is 25.5 Å². The highest BCUT2D eigenvalue weighted by atomic mass is 16.2. The molecule has 22 heavy (non-hydrogen) atoms. The van der Waals surface area contributed by atoms with Crippen molar-refractivity contribution in [1.29, 1.82) is 0 Å². The van der Waals surface area contributed by atoms with Crippen molar-refractivity contribution in [3.05, 3.63) is 17.5 Å². The van der Waals surface area contributed by atoms with Gasteiger partial charge in [0.25, 0.3) is 5.91 Å². The number of rotatable bonds is 7. The molecule has 1 atom stereocenters. The molecule has 0 aliphatic rings. The number of likely N-dealkylation sites (N-methyl/N-ethyl adjacent to an activating group) is 1. The summed E-state index contributed by atoms with van der Waals surface area (Å²) in [5.74, 6) is -0.0196. The van der Waals surface area contributed by atoms with E-state index in [0.717, 1.165) is 0 Å². The first kappa shape index (κ1) is 17.8. The van der Waals surface area contributed by atoms with Crippen LogP contribution in [0.3, 0.4) is 0 Å². The molecule has 5 N–H and O–H groups in total. The van der Waals surface area contributed by atoms with Gasteiger partial charge >= 0.3 is 0 Å². The number of hydrogen-bond acceptors (Lipinski definition) is 6. The van der Waals surface area contributed by atoms with Gasteiger partial charge in [-0.2, -0.15) is 0 Å². The highest BCUT2D eigenvalue weighted by Gasteiger charge is 2.22. The summed E-state index contributed by atoms with van der Waals surface area (Å²) < 4.78 is 0. The molecule has 0 radical (unpaired) electrons. The van der Waals surface area contributed by atoms with E-state index in [2.05, 4.69) is 25.9 Å². The van der Waals surface area contributed by atoms with Gasteiger partial charge in [0.15, 0.2) is 0 Å². The Balaban J connectivity index is 2.88. The van der Waals surface area contributed by atoms with Crippen LogP contribution in [0.2, 0.25) is 0 Å². The molecule has 0 saturated carbocycles. The summed E-state index contributed by atoms with van der Waals surface area (Å²) in [6, 6.07) is -0.443. The quantitative estimate of drug-likeness (QED) is 0.546.